The summed E-state index contributed by atoms with van der Waals surface area (Å²) in [6.45, 7) is 0. The molecule has 0 saturated heterocycles. The Morgan fingerprint density at radius 2 is 2.24 bits per heavy atom. The van der Waals surface area contributed by atoms with Crippen LogP contribution < -0.4 is 5.32 Å². The molecule has 1 amide bonds. The average molecular weight is 251 g/mol. The molecule has 1 N–H and O–H groups in total. The second kappa shape index (κ2) is 5.36. The minimum absolute atomic E-state index is 0.166. The highest BCUT2D eigenvalue weighted by molar-refractivity contribution is 7.80. The maximum Gasteiger partial charge on any atom is 0.251 e. The first-order valence-corrected chi connectivity index (χ1v) is 6.06. The van der Waals surface area contributed by atoms with Crippen molar-refractivity contribution >= 4 is 18.5 Å². The first-order valence-electron chi connectivity index (χ1n) is 5.61. The average Bonchev–Trinajstić information content (AvgIpc) is 2.34. The zero-order chi connectivity index (χ0) is 12.3. The molecule has 2 rings (SSSR count). The van der Waals surface area contributed by atoms with E-state index in [2.05, 4.69) is 30.1 Å². The molecular formula is C13H14FNOS. The molecule has 0 spiro atoms. The van der Waals surface area contributed by atoms with Crippen molar-refractivity contribution in [3.63, 3.8) is 0 Å². The second-order valence-electron chi connectivity index (χ2n) is 4.12. The summed E-state index contributed by atoms with van der Waals surface area (Å²) in [5.41, 5.74) is 0.450. The molecular weight excluding hydrogens is 237 g/mol. The zero-order valence-electron chi connectivity index (χ0n) is 9.32. The summed E-state index contributed by atoms with van der Waals surface area (Å²) in [5, 5.41) is 2.94. The van der Waals surface area contributed by atoms with Gasteiger partial charge in [-0.2, -0.15) is 0 Å². The third-order valence-electron chi connectivity index (χ3n) is 2.81. The van der Waals surface area contributed by atoms with Crippen LogP contribution in [0.25, 0.3) is 0 Å². The summed E-state index contributed by atoms with van der Waals surface area (Å²) < 4.78 is 13.0. The largest absolute Gasteiger partial charge is 0.349 e. The molecule has 0 fully saturated rings. The van der Waals surface area contributed by atoms with Gasteiger partial charge in [0.2, 0.25) is 0 Å². The van der Waals surface area contributed by atoms with Crippen LogP contribution in [0, 0.1) is 5.82 Å². The topological polar surface area (TPSA) is 29.1 Å². The fraction of sp³-hybridized carbons (Fsp3) is 0.308. The van der Waals surface area contributed by atoms with Gasteiger partial charge in [-0.05, 0) is 37.5 Å². The molecule has 0 bridgehead atoms. The van der Waals surface area contributed by atoms with Gasteiger partial charge in [0.25, 0.3) is 5.91 Å². The number of carbonyl (C=O) groups excluding carboxylic acids is 1. The highest BCUT2D eigenvalue weighted by Gasteiger charge is 2.14. The summed E-state index contributed by atoms with van der Waals surface area (Å²) in [6, 6.07) is 4.37. The lowest BCUT2D eigenvalue weighted by atomic mass is 10.0. The van der Waals surface area contributed by atoms with Gasteiger partial charge >= 0.3 is 0 Å². The predicted molar refractivity (Wildman–Crippen MR) is 67.9 cm³/mol. The second-order valence-corrected chi connectivity index (χ2v) is 4.60. The third kappa shape index (κ3) is 3.09. The fourth-order valence-electron chi connectivity index (χ4n) is 1.85. The molecule has 0 aromatic heterocycles. The van der Waals surface area contributed by atoms with Crippen molar-refractivity contribution < 1.29 is 9.18 Å². The number of carbonyl (C=O) groups is 1. The summed E-state index contributed by atoms with van der Waals surface area (Å²) in [5.74, 6) is -0.578. The van der Waals surface area contributed by atoms with E-state index in [9.17, 15) is 9.18 Å². The molecule has 0 heterocycles. The number of hydrogen-bond acceptors (Lipinski definition) is 2. The Morgan fingerprint density at radius 3 is 2.88 bits per heavy atom. The minimum atomic E-state index is -0.412. The fourth-order valence-corrected chi connectivity index (χ4v) is 2.06. The highest BCUT2D eigenvalue weighted by atomic mass is 32.1. The maximum atomic E-state index is 13.0. The van der Waals surface area contributed by atoms with Crippen LogP contribution in [0.1, 0.15) is 29.6 Å². The van der Waals surface area contributed by atoms with E-state index in [0.29, 0.717) is 5.56 Å². The standard InChI is InChI=1S/C13H14FNOS/c14-11-7-6-9(8-12(11)17)13(16)15-10-4-2-1-3-5-10/h1-2,6-8,10,17H,3-5H2,(H,15,16). The van der Waals surface area contributed by atoms with E-state index in [1.54, 1.807) is 0 Å². The Morgan fingerprint density at radius 1 is 1.41 bits per heavy atom. The smallest absolute Gasteiger partial charge is 0.251 e. The van der Waals surface area contributed by atoms with Crippen molar-refractivity contribution in [2.75, 3.05) is 0 Å². The van der Waals surface area contributed by atoms with Crippen molar-refractivity contribution in [3.8, 4) is 0 Å². The van der Waals surface area contributed by atoms with Crippen molar-refractivity contribution in [3.05, 3.63) is 41.7 Å². The number of benzene rings is 1. The van der Waals surface area contributed by atoms with Gasteiger partial charge in [-0.1, -0.05) is 12.2 Å². The molecule has 1 unspecified atom stereocenters. The molecule has 1 aromatic carbocycles. The van der Waals surface area contributed by atoms with Crippen LogP contribution in [0.4, 0.5) is 4.39 Å². The lowest BCUT2D eigenvalue weighted by Crippen LogP contribution is -2.35. The van der Waals surface area contributed by atoms with Crippen LogP contribution in [0.2, 0.25) is 0 Å². The summed E-state index contributed by atoms with van der Waals surface area (Å²) in [4.78, 5) is 12.1. The first-order chi connectivity index (χ1) is 8.16. The molecule has 1 atom stereocenters. The van der Waals surface area contributed by atoms with E-state index in [4.69, 9.17) is 0 Å². The van der Waals surface area contributed by atoms with Crippen molar-refractivity contribution in [1.82, 2.24) is 5.32 Å². The van der Waals surface area contributed by atoms with Gasteiger partial charge in [0, 0.05) is 16.5 Å². The van der Waals surface area contributed by atoms with Crippen LogP contribution in [0.5, 0.6) is 0 Å². The molecule has 1 aliphatic carbocycles. The molecule has 90 valence electrons. The van der Waals surface area contributed by atoms with Crippen molar-refractivity contribution in [2.24, 2.45) is 0 Å². The quantitative estimate of drug-likeness (QED) is 0.614. The zero-order valence-corrected chi connectivity index (χ0v) is 10.2. The molecule has 1 aliphatic rings. The molecule has 0 saturated carbocycles. The normalized spacial score (nSPS) is 19.1. The predicted octanol–water partition coefficient (Wildman–Crippen LogP) is 2.95. The number of allylic oxidation sites excluding steroid dienone is 1. The van der Waals surface area contributed by atoms with Gasteiger partial charge < -0.3 is 5.32 Å². The van der Waals surface area contributed by atoms with Crippen molar-refractivity contribution in [1.29, 1.82) is 0 Å². The van der Waals surface area contributed by atoms with E-state index >= 15 is 0 Å². The molecule has 0 aliphatic heterocycles. The van der Waals surface area contributed by atoms with E-state index < -0.39 is 5.82 Å². The number of nitrogens with one attached hydrogen (secondary N) is 1. The number of thiol groups is 1. The van der Waals surface area contributed by atoms with Crippen LogP contribution >= 0.6 is 12.6 Å². The van der Waals surface area contributed by atoms with Gasteiger partial charge in [-0.3, -0.25) is 4.79 Å². The van der Waals surface area contributed by atoms with Gasteiger partial charge in [-0.25, -0.2) is 4.39 Å². The molecule has 4 heteroatoms. The Balaban J connectivity index is 2.03. The monoisotopic (exact) mass is 251 g/mol. The Hall–Kier alpha value is -1.29. The van der Waals surface area contributed by atoms with Crippen LogP contribution in [-0.4, -0.2) is 11.9 Å². The lowest BCUT2D eigenvalue weighted by molar-refractivity contribution is 0.0934. The van der Waals surface area contributed by atoms with Crippen LogP contribution in [0.15, 0.2) is 35.2 Å². The first kappa shape index (κ1) is 12.2. The third-order valence-corrected chi connectivity index (χ3v) is 3.16. The summed E-state index contributed by atoms with van der Waals surface area (Å²) in [6.07, 6.45) is 7.00. The van der Waals surface area contributed by atoms with Gasteiger partial charge in [0.05, 0.1) is 0 Å². The minimum Gasteiger partial charge on any atom is -0.349 e. The number of hydrogen-bond donors (Lipinski definition) is 2. The molecule has 17 heavy (non-hydrogen) atoms. The van der Waals surface area contributed by atoms with Gasteiger partial charge in [0.1, 0.15) is 5.82 Å². The van der Waals surface area contributed by atoms with Crippen LogP contribution in [0.3, 0.4) is 0 Å². The van der Waals surface area contributed by atoms with E-state index in [0.717, 1.165) is 19.3 Å². The summed E-state index contributed by atoms with van der Waals surface area (Å²) in [7, 11) is 0. The van der Waals surface area contributed by atoms with E-state index in [1.165, 1.54) is 18.2 Å². The summed E-state index contributed by atoms with van der Waals surface area (Å²) >= 11 is 3.96. The number of rotatable bonds is 2. The Labute approximate surface area is 105 Å². The van der Waals surface area contributed by atoms with Crippen LogP contribution in [-0.2, 0) is 0 Å². The SMILES string of the molecule is O=C(NC1CC=CCC1)c1ccc(F)c(S)c1. The maximum absolute atomic E-state index is 13.0. The number of halogens is 1. The molecule has 0 radical (unpaired) electrons. The van der Waals surface area contributed by atoms with E-state index in [-0.39, 0.29) is 16.8 Å². The highest BCUT2D eigenvalue weighted by Crippen LogP contribution is 2.15. The van der Waals surface area contributed by atoms with E-state index in [1.807, 2.05) is 0 Å². The van der Waals surface area contributed by atoms with Gasteiger partial charge in [-0.15, -0.1) is 12.6 Å². The molecule has 2 nitrogen and oxygen atoms in total. The Bertz CT molecular complexity index is 459. The number of amides is 1. The Kier molecular flexibility index (Phi) is 3.84. The van der Waals surface area contributed by atoms with Gasteiger partial charge in [0.15, 0.2) is 0 Å². The molecule has 1 aromatic rings. The van der Waals surface area contributed by atoms with Crippen molar-refractivity contribution in [2.45, 2.75) is 30.2 Å². The lowest BCUT2D eigenvalue weighted by Gasteiger charge is -2.19.